The van der Waals surface area contributed by atoms with Crippen LogP contribution in [0.15, 0.2) is 18.5 Å². The van der Waals surface area contributed by atoms with E-state index in [0.717, 1.165) is 16.2 Å². The maximum Gasteiger partial charge on any atom is 0.406 e. The average Bonchev–Trinajstić information content (AvgIpc) is 2.72. The summed E-state index contributed by atoms with van der Waals surface area (Å²) in [5.41, 5.74) is 6.10. The molecule has 2 aromatic heterocycles. The lowest BCUT2D eigenvalue weighted by Crippen LogP contribution is -2.43. The molecule has 0 aliphatic carbocycles. The Morgan fingerprint density at radius 2 is 2.14 bits per heavy atom. The fourth-order valence-corrected chi connectivity index (χ4v) is 2.99. The van der Waals surface area contributed by atoms with Gasteiger partial charge < -0.3 is 10.6 Å². The van der Waals surface area contributed by atoms with Gasteiger partial charge in [-0.15, -0.1) is 11.3 Å². The van der Waals surface area contributed by atoms with Gasteiger partial charge >= 0.3 is 6.18 Å². The molecule has 2 N–H and O–H groups in total. The van der Waals surface area contributed by atoms with E-state index in [1.165, 1.54) is 26.2 Å². The number of nitrogen functional groups attached to an aromatic ring is 1. The maximum atomic E-state index is 12.6. The summed E-state index contributed by atoms with van der Waals surface area (Å²) < 4.78 is 38.5. The fourth-order valence-electron chi connectivity index (χ4n) is 1.94. The van der Waals surface area contributed by atoms with Gasteiger partial charge in [0.25, 0.3) is 5.91 Å². The average molecular weight is 317 g/mol. The molecule has 8 heteroatoms. The number of amides is 1. The van der Waals surface area contributed by atoms with Gasteiger partial charge in [0.05, 0.1) is 10.4 Å². The van der Waals surface area contributed by atoms with Crippen molar-refractivity contribution in [3.05, 3.63) is 23.3 Å². The third kappa shape index (κ3) is 3.26. The molecule has 0 unspecified atom stereocenters. The second kappa shape index (κ2) is 5.51. The van der Waals surface area contributed by atoms with Crippen molar-refractivity contribution >= 4 is 33.0 Å². The topological polar surface area (TPSA) is 59.2 Å². The number of halogens is 3. The number of nitrogens with two attached hydrogens (primary N) is 1. The van der Waals surface area contributed by atoms with Crippen LogP contribution in [0.25, 0.3) is 10.1 Å². The Bertz CT molecular complexity index is 666. The van der Waals surface area contributed by atoms with Gasteiger partial charge in [-0.2, -0.15) is 13.2 Å². The summed E-state index contributed by atoms with van der Waals surface area (Å²) in [6.45, 7) is 1.78. The van der Waals surface area contributed by atoms with Crippen LogP contribution in [0.2, 0.25) is 0 Å². The predicted molar refractivity (Wildman–Crippen MR) is 76.3 cm³/mol. The lowest BCUT2D eigenvalue weighted by atomic mass is 10.2. The van der Waals surface area contributed by atoms with Crippen LogP contribution in [0, 0.1) is 0 Å². The number of thiophene rings is 1. The Balaban J connectivity index is 2.41. The number of carbonyl (C=O) groups excluding carboxylic acids is 1. The van der Waals surface area contributed by atoms with Crippen LogP contribution in [0.5, 0.6) is 0 Å². The van der Waals surface area contributed by atoms with Crippen molar-refractivity contribution in [3.8, 4) is 0 Å². The standard InChI is InChI=1S/C13H14F3N3OS/c1-7(2)19(6-13(14,15)16)12(20)11-10(17)8-3-4-18-5-9(8)21-11/h3-5,7H,6,17H2,1-2H3. The second-order valence-electron chi connectivity index (χ2n) is 4.86. The third-order valence-corrected chi connectivity index (χ3v) is 4.10. The van der Waals surface area contributed by atoms with Crippen molar-refractivity contribution in [2.45, 2.75) is 26.1 Å². The van der Waals surface area contributed by atoms with E-state index in [2.05, 4.69) is 4.98 Å². The van der Waals surface area contributed by atoms with Crippen LogP contribution in [0.3, 0.4) is 0 Å². The molecule has 2 aromatic rings. The molecule has 2 heterocycles. The van der Waals surface area contributed by atoms with Crippen LogP contribution >= 0.6 is 11.3 Å². The molecule has 0 bridgehead atoms. The molecular weight excluding hydrogens is 303 g/mol. The lowest BCUT2D eigenvalue weighted by molar-refractivity contribution is -0.143. The van der Waals surface area contributed by atoms with Gasteiger partial charge in [0.15, 0.2) is 0 Å². The van der Waals surface area contributed by atoms with Crippen molar-refractivity contribution in [2.24, 2.45) is 0 Å². The van der Waals surface area contributed by atoms with Crippen LogP contribution < -0.4 is 5.73 Å². The van der Waals surface area contributed by atoms with Crippen molar-refractivity contribution < 1.29 is 18.0 Å². The van der Waals surface area contributed by atoms with Gasteiger partial charge in [0.1, 0.15) is 11.4 Å². The number of alkyl halides is 3. The number of anilines is 1. The molecule has 0 spiro atoms. The SMILES string of the molecule is CC(C)N(CC(F)(F)F)C(=O)c1sc2cnccc2c1N. The van der Waals surface area contributed by atoms with E-state index in [-0.39, 0.29) is 10.6 Å². The second-order valence-corrected chi connectivity index (χ2v) is 5.91. The predicted octanol–water partition coefficient (Wildman–Crippen LogP) is 3.29. The molecule has 0 saturated carbocycles. The first-order valence-corrected chi connectivity index (χ1v) is 7.02. The first-order chi connectivity index (χ1) is 9.70. The summed E-state index contributed by atoms with van der Waals surface area (Å²) in [5, 5.41) is 0.633. The third-order valence-electron chi connectivity index (χ3n) is 2.96. The van der Waals surface area contributed by atoms with Gasteiger partial charge in [-0.25, -0.2) is 0 Å². The Labute approximate surface area is 123 Å². The maximum absolute atomic E-state index is 12.6. The normalized spacial score (nSPS) is 12.1. The van der Waals surface area contributed by atoms with Crippen LogP contribution in [-0.4, -0.2) is 34.6 Å². The van der Waals surface area contributed by atoms with E-state index >= 15 is 0 Å². The first kappa shape index (κ1) is 15.6. The van der Waals surface area contributed by atoms with Crippen molar-refractivity contribution in [1.29, 1.82) is 0 Å². The number of pyridine rings is 1. The molecule has 0 aliphatic rings. The molecule has 0 fully saturated rings. The van der Waals surface area contributed by atoms with Gasteiger partial charge in [-0.1, -0.05) is 0 Å². The van der Waals surface area contributed by atoms with E-state index in [1.54, 1.807) is 6.07 Å². The zero-order valence-corrected chi connectivity index (χ0v) is 12.3. The smallest absolute Gasteiger partial charge is 0.397 e. The highest BCUT2D eigenvalue weighted by Gasteiger charge is 2.35. The van der Waals surface area contributed by atoms with Crippen molar-refractivity contribution in [2.75, 3.05) is 12.3 Å². The molecule has 0 saturated heterocycles. The molecule has 0 radical (unpaired) electrons. The Morgan fingerprint density at radius 3 is 2.67 bits per heavy atom. The zero-order chi connectivity index (χ0) is 15.8. The van der Waals surface area contributed by atoms with E-state index in [0.29, 0.717) is 10.1 Å². The summed E-state index contributed by atoms with van der Waals surface area (Å²) in [4.78, 5) is 17.2. The Kier molecular flexibility index (Phi) is 4.08. The number of fused-ring (bicyclic) bond motifs is 1. The Hall–Kier alpha value is -1.83. The highest BCUT2D eigenvalue weighted by Crippen LogP contribution is 2.34. The van der Waals surface area contributed by atoms with E-state index < -0.39 is 24.7 Å². The summed E-state index contributed by atoms with van der Waals surface area (Å²) in [5.74, 6) is -0.707. The van der Waals surface area contributed by atoms with Gasteiger partial charge in [0, 0.05) is 23.8 Å². The number of hydrogen-bond acceptors (Lipinski definition) is 4. The van der Waals surface area contributed by atoms with Crippen LogP contribution in [-0.2, 0) is 0 Å². The molecule has 0 aliphatic heterocycles. The highest BCUT2D eigenvalue weighted by atomic mass is 32.1. The van der Waals surface area contributed by atoms with Gasteiger partial charge in [-0.05, 0) is 19.9 Å². The summed E-state index contributed by atoms with van der Waals surface area (Å²) in [6.07, 6.45) is -1.39. The highest BCUT2D eigenvalue weighted by molar-refractivity contribution is 7.21. The number of aromatic nitrogens is 1. The largest absolute Gasteiger partial charge is 0.406 e. The molecule has 0 aromatic carbocycles. The molecule has 2 rings (SSSR count). The molecule has 21 heavy (non-hydrogen) atoms. The van der Waals surface area contributed by atoms with Gasteiger partial charge in [-0.3, -0.25) is 9.78 Å². The van der Waals surface area contributed by atoms with E-state index in [9.17, 15) is 18.0 Å². The van der Waals surface area contributed by atoms with Crippen LogP contribution in [0.1, 0.15) is 23.5 Å². The van der Waals surface area contributed by atoms with E-state index in [1.807, 2.05) is 0 Å². The number of carbonyl (C=O) groups is 1. The minimum absolute atomic E-state index is 0.121. The number of rotatable bonds is 3. The van der Waals surface area contributed by atoms with E-state index in [4.69, 9.17) is 5.73 Å². The molecule has 114 valence electrons. The number of hydrogen-bond donors (Lipinski definition) is 1. The van der Waals surface area contributed by atoms with Crippen molar-refractivity contribution in [3.63, 3.8) is 0 Å². The summed E-state index contributed by atoms with van der Waals surface area (Å²) in [7, 11) is 0. The lowest BCUT2D eigenvalue weighted by Gasteiger charge is -2.27. The zero-order valence-electron chi connectivity index (χ0n) is 11.4. The summed E-state index contributed by atoms with van der Waals surface area (Å²) >= 11 is 1.06. The summed E-state index contributed by atoms with van der Waals surface area (Å²) in [6, 6.07) is 1.06. The molecule has 4 nitrogen and oxygen atoms in total. The minimum Gasteiger partial charge on any atom is -0.397 e. The fraction of sp³-hybridized carbons (Fsp3) is 0.385. The number of nitrogens with zero attached hydrogens (tertiary/aromatic N) is 2. The first-order valence-electron chi connectivity index (χ1n) is 6.20. The van der Waals surface area contributed by atoms with Crippen molar-refractivity contribution in [1.82, 2.24) is 9.88 Å². The quantitative estimate of drug-likeness (QED) is 0.945. The Morgan fingerprint density at radius 1 is 1.48 bits per heavy atom. The van der Waals surface area contributed by atoms with Crippen LogP contribution in [0.4, 0.5) is 18.9 Å². The molecule has 1 amide bonds. The molecule has 0 atom stereocenters. The monoisotopic (exact) mass is 317 g/mol. The minimum atomic E-state index is -4.45. The molecular formula is C13H14F3N3OS. The van der Waals surface area contributed by atoms with Gasteiger partial charge in [0.2, 0.25) is 0 Å².